The van der Waals surface area contributed by atoms with E-state index in [1.807, 2.05) is 65.2 Å². The fourth-order valence-corrected chi connectivity index (χ4v) is 4.27. The van der Waals surface area contributed by atoms with Gasteiger partial charge in [-0.15, -0.1) is 0 Å². The van der Waals surface area contributed by atoms with Gasteiger partial charge in [-0.3, -0.25) is 4.57 Å². The number of amides is 1. The first kappa shape index (κ1) is 27.5. The lowest BCUT2D eigenvalue weighted by molar-refractivity contribution is -0.147. The van der Waals surface area contributed by atoms with Crippen molar-refractivity contribution in [1.82, 2.24) is 14.9 Å². The van der Waals surface area contributed by atoms with Crippen molar-refractivity contribution in [2.45, 2.75) is 51.9 Å². The SMILES string of the molecule is CC(C)(C)OC(=O)N[C@@H](CCc1nc2cc(Cl)c(Cl)cc2n1-c1ccccc1)C(=O)OCc1ccccc1. The van der Waals surface area contributed by atoms with E-state index in [1.54, 1.807) is 32.9 Å². The molecular weight excluding hydrogens is 525 g/mol. The Morgan fingerprint density at radius 1 is 0.974 bits per heavy atom. The first-order valence-electron chi connectivity index (χ1n) is 12.2. The Morgan fingerprint density at radius 3 is 2.26 bits per heavy atom. The van der Waals surface area contributed by atoms with Crippen LogP contribution in [0.15, 0.2) is 72.8 Å². The predicted octanol–water partition coefficient (Wildman–Crippen LogP) is 6.90. The van der Waals surface area contributed by atoms with Crippen molar-refractivity contribution in [3.05, 3.63) is 94.2 Å². The van der Waals surface area contributed by atoms with Gasteiger partial charge >= 0.3 is 12.1 Å². The van der Waals surface area contributed by atoms with Crippen LogP contribution in [-0.2, 0) is 27.3 Å². The molecule has 1 heterocycles. The number of esters is 1. The fourth-order valence-electron chi connectivity index (χ4n) is 3.96. The number of para-hydroxylation sites is 1. The molecule has 198 valence electrons. The van der Waals surface area contributed by atoms with Crippen LogP contribution in [0.25, 0.3) is 16.7 Å². The van der Waals surface area contributed by atoms with Gasteiger partial charge in [0.1, 0.15) is 24.1 Å². The van der Waals surface area contributed by atoms with Crippen LogP contribution < -0.4 is 5.32 Å². The number of hydrogen-bond donors (Lipinski definition) is 1. The second-order valence-corrected chi connectivity index (χ2v) is 10.6. The largest absolute Gasteiger partial charge is 0.459 e. The van der Waals surface area contributed by atoms with Crippen LogP contribution in [-0.4, -0.2) is 33.3 Å². The topological polar surface area (TPSA) is 82.5 Å². The molecule has 0 bridgehead atoms. The van der Waals surface area contributed by atoms with Crippen LogP contribution >= 0.6 is 23.2 Å². The number of halogens is 2. The van der Waals surface area contributed by atoms with E-state index in [-0.39, 0.29) is 13.0 Å². The number of imidazole rings is 1. The second-order valence-electron chi connectivity index (χ2n) is 9.78. The summed E-state index contributed by atoms with van der Waals surface area (Å²) in [6.45, 7) is 5.36. The van der Waals surface area contributed by atoms with Crippen molar-refractivity contribution in [3.63, 3.8) is 0 Å². The van der Waals surface area contributed by atoms with E-state index in [0.717, 1.165) is 16.8 Å². The van der Waals surface area contributed by atoms with Gasteiger partial charge in [-0.2, -0.15) is 0 Å². The molecule has 0 radical (unpaired) electrons. The number of hydrogen-bond acceptors (Lipinski definition) is 5. The summed E-state index contributed by atoms with van der Waals surface area (Å²) in [6.07, 6.45) is -0.126. The van der Waals surface area contributed by atoms with Gasteiger partial charge < -0.3 is 14.8 Å². The van der Waals surface area contributed by atoms with E-state index in [1.165, 1.54) is 0 Å². The molecule has 0 saturated heterocycles. The van der Waals surface area contributed by atoms with Crippen LogP contribution in [0.3, 0.4) is 0 Å². The molecule has 0 aliphatic carbocycles. The van der Waals surface area contributed by atoms with E-state index in [0.29, 0.717) is 27.8 Å². The molecule has 0 unspecified atom stereocenters. The highest BCUT2D eigenvalue weighted by atomic mass is 35.5. The number of nitrogens with one attached hydrogen (secondary N) is 1. The van der Waals surface area contributed by atoms with Gasteiger partial charge in [-0.25, -0.2) is 14.6 Å². The van der Waals surface area contributed by atoms with Crippen molar-refractivity contribution in [2.24, 2.45) is 0 Å². The Bertz CT molecular complexity index is 1420. The Kier molecular flexibility index (Phi) is 8.59. The summed E-state index contributed by atoms with van der Waals surface area (Å²) in [4.78, 5) is 30.5. The van der Waals surface area contributed by atoms with Crippen LogP contribution in [0.2, 0.25) is 10.0 Å². The summed E-state index contributed by atoms with van der Waals surface area (Å²) < 4.78 is 12.9. The summed E-state index contributed by atoms with van der Waals surface area (Å²) in [6, 6.07) is 21.6. The predicted molar refractivity (Wildman–Crippen MR) is 149 cm³/mol. The van der Waals surface area contributed by atoms with Crippen LogP contribution in [0.4, 0.5) is 4.79 Å². The van der Waals surface area contributed by atoms with Gasteiger partial charge in [0.15, 0.2) is 0 Å². The number of aryl methyl sites for hydroxylation is 1. The molecule has 1 amide bonds. The van der Waals surface area contributed by atoms with Gasteiger partial charge in [-0.05, 0) is 57.0 Å². The zero-order valence-electron chi connectivity index (χ0n) is 21.4. The van der Waals surface area contributed by atoms with Crippen LogP contribution in [0, 0.1) is 0 Å². The number of nitrogens with zero attached hydrogens (tertiary/aromatic N) is 2. The third kappa shape index (κ3) is 7.05. The summed E-state index contributed by atoms with van der Waals surface area (Å²) in [7, 11) is 0. The summed E-state index contributed by atoms with van der Waals surface area (Å²) in [5, 5.41) is 3.49. The molecule has 7 nitrogen and oxygen atoms in total. The highest BCUT2D eigenvalue weighted by Gasteiger charge is 2.27. The summed E-state index contributed by atoms with van der Waals surface area (Å²) >= 11 is 12.6. The lowest BCUT2D eigenvalue weighted by Crippen LogP contribution is -2.44. The zero-order valence-corrected chi connectivity index (χ0v) is 22.9. The molecule has 0 saturated carbocycles. The number of ether oxygens (including phenoxy) is 2. The summed E-state index contributed by atoms with van der Waals surface area (Å²) in [5.74, 6) is 0.115. The molecule has 0 spiro atoms. The minimum Gasteiger partial charge on any atom is -0.459 e. The average Bonchev–Trinajstić information content (AvgIpc) is 3.22. The smallest absolute Gasteiger partial charge is 0.408 e. The molecule has 0 fully saturated rings. The number of carbonyl (C=O) groups excluding carboxylic acids is 2. The molecule has 9 heteroatoms. The molecule has 1 atom stereocenters. The standard InChI is InChI=1S/C29H29Cl2N3O4/c1-29(2,3)38-28(36)33-23(27(35)37-18-19-10-6-4-7-11-19)14-15-26-32-24-16-21(30)22(31)17-25(24)34(26)20-12-8-5-9-13-20/h4-13,16-17,23H,14-15,18H2,1-3H3,(H,33,36)/t23-/m0/s1. The van der Waals surface area contributed by atoms with E-state index in [2.05, 4.69) is 5.32 Å². The maximum atomic E-state index is 13.1. The first-order valence-corrected chi connectivity index (χ1v) is 13.0. The number of carbonyl (C=O) groups is 2. The van der Waals surface area contributed by atoms with Crippen LogP contribution in [0.1, 0.15) is 38.6 Å². The van der Waals surface area contributed by atoms with Crippen molar-refractivity contribution in [3.8, 4) is 5.69 Å². The van der Waals surface area contributed by atoms with Gasteiger partial charge in [-0.1, -0.05) is 71.7 Å². The molecule has 4 rings (SSSR count). The quantitative estimate of drug-likeness (QED) is 0.240. The lowest BCUT2D eigenvalue weighted by atomic mass is 10.1. The van der Waals surface area contributed by atoms with Gasteiger partial charge in [0.2, 0.25) is 0 Å². The van der Waals surface area contributed by atoms with Crippen molar-refractivity contribution >= 4 is 46.3 Å². The molecule has 3 aromatic carbocycles. The third-order valence-corrected chi connectivity index (χ3v) is 6.36. The van der Waals surface area contributed by atoms with Gasteiger partial charge in [0.05, 0.1) is 21.1 Å². The molecule has 0 aliphatic heterocycles. The Morgan fingerprint density at radius 2 is 1.61 bits per heavy atom. The number of aromatic nitrogens is 2. The highest BCUT2D eigenvalue weighted by molar-refractivity contribution is 6.42. The molecule has 1 N–H and O–H groups in total. The van der Waals surface area contributed by atoms with E-state index in [4.69, 9.17) is 37.7 Å². The molecule has 38 heavy (non-hydrogen) atoms. The number of fused-ring (bicyclic) bond motifs is 1. The number of alkyl carbamates (subject to hydrolysis) is 1. The van der Waals surface area contributed by atoms with Crippen molar-refractivity contribution in [2.75, 3.05) is 0 Å². The van der Waals surface area contributed by atoms with Crippen LogP contribution in [0.5, 0.6) is 0 Å². The summed E-state index contributed by atoms with van der Waals surface area (Å²) in [5.41, 5.74) is 2.45. The molecule has 0 aliphatic rings. The van der Waals surface area contributed by atoms with Crippen molar-refractivity contribution in [1.29, 1.82) is 0 Å². The van der Waals surface area contributed by atoms with E-state index >= 15 is 0 Å². The number of rotatable bonds is 8. The van der Waals surface area contributed by atoms with E-state index < -0.39 is 23.7 Å². The molecule has 4 aromatic rings. The van der Waals surface area contributed by atoms with Gasteiger partial charge in [0, 0.05) is 12.1 Å². The molecule has 1 aromatic heterocycles. The maximum Gasteiger partial charge on any atom is 0.408 e. The van der Waals surface area contributed by atoms with Crippen molar-refractivity contribution < 1.29 is 19.1 Å². The Hall–Kier alpha value is -3.55. The monoisotopic (exact) mass is 553 g/mol. The second kappa shape index (κ2) is 11.9. The van der Waals surface area contributed by atoms with Gasteiger partial charge in [0.25, 0.3) is 0 Å². The normalized spacial score (nSPS) is 12.2. The number of benzene rings is 3. The first-order chi connectivity index (χ1) is 18.1. The highest BCUT2D eigenvalue weighted by Crippen LogP contribution is 2.30. The molecular formula is C29H29Cl2N3O4. The maximum absolute atomic E-state index is 13.1. The zero-order chi connectivity index (χ0) is 27.3. The fraction of sp³-hybridized carbons (Fsp3) is 0.276. The minimum absolute atomic E-state index is 0.0890. The lowest BCUT2D eigenvalue weighted by Gasteiger charge is -2.23. The Balaban J connectivity index is 1.60. The third-order valence-electron chi connectivity index (χ3n) is 5.64. The minimum atomic E-state index is -0.954. The average molecular weight is 554 g/mol. The van der Waals surface area contributed by atoms with E-state index in [9.17, 15) is 9.59 Å². The Labute approximate surface area is 231 Å².